The van der Waals surface area contributed by atoms with Crippen LogP contribution in [-0.2, 0) is 4.74 Å². The molecule has 2 aromatic carbocycles. The van der Waals surface area contributed by atoms with E-state index in [-0.39, 0.29) is 5.97 Å². The molecular formula is C21H17N3O2S. The van der Waals surface area contributed by atoms with Crippen molar-refractivity contribution in [1.82, 2.24) is 9.97 Å². The molecule has 4 rings (SSSR count). The molecule has 4 aromatic rings. The zero-order valence-corrected chi connectivity index (χ0v) is 15.7. The topological polar surface area (TPSA) is 64.1 Å². The quantitative estimate of drug-likeness (QED) is 0.497. The second-order valence-electron chi connectivity index (χ2n) is 6.01. The van der Waals surface area contributed by atoms with E-state index in [4.69, 9.17) is 4.74 Å². The molecule has 0 unspecified atom stereocenters. The van der Waals surface area contributed by atoms with Crippen molar-refractivity contribution in [1.29, 1.82) is 0 Å². The minimum absolute atomic E-state index is 0.354. The first-order chi connectivity index (χ1) is 13.1. The highest BCUT2D eigenvalue weighted by molar-refractivity contribution is 7.21. The lowest BCUT2D eigenvalue weighted by atomic mass is 10.2. The summed E-state index contributed by atoms with van der Waals surface area (Å²) in [5.41, 5.74) is 2.51. The number of fused-ring (bicyclic) bond motifs is 1. The maximum absolute atomic E-state index is 11.6. The van der Waals surface area contributed by atoms with Gasteiger partial charge in [-0.05, 0) is 42.8 Å². The highest BCUT2D eigenvalue weighted by Crippen LogP contribution is 2.36. The van der Waals surface area contributed by atoms with E-state index < -0.39 is 0 Å². The number of thiophene rings is 1. The Hall–Kier alpha value is -3.25. The number of ether oxygens (including phenoxy) is 1. The summed E-state index contributed by atoms with van der Waals surface area (Å²) >= 11 is 1.65. The number of nitrogens with zero attached hydrogens (tertiary/aromatic N) is 2. The van der Waals surface area contributed by atoms with E-state index in [0.717, 1.165) is 32.2 Å². The van der Waals surface area contributed by atoms with Crippen molar-refractivity contribution < 1.29 is 9.53 Å². The van der Waals surface area contributed by atoms with Gasteiger partial charge in [-0.3, -0.25) is 0 Å². The Bertz CT molecular complexity index is 1110. The fraction of sp³-hybridized carbons (Fsp3) is 0.0952. The molecule has 0 aliphatic carbocycles. The van der Waals surface area contributed by atoms with E-state index in [2.05, 4.69) is 33.5 Å². The van der Waals surface area contributed by atoms with Gasteiger partial charge in [-0.1, -0.05) is 30.3 Å². The van der Waals surface area contributed by atoms with Gasteiger partial charge in [0.05, 0.1) is 18.1 Å². The maximum Gasteiger partial charge on any atom is 0.337 e. The van der Waals surface area contributed by atoms with Gasteiger partial charge < -0.3 is 10.1 Å². The standard InChI is InChI=1S/C21H17N3O2S/c1-13-22-19(24-16-10-8-15(9-11-16)21(25)26-2)17-12-18(27-20(17)23-13)14-6-4-3-5-7-14/h3-12H,1-2H3,(H,22,23,24). The van der Waals surface area contributed by atoms with Crippen LogP contribution in [0.15, 0.2) is 60.7 Å². The van der Waals surface area contributed by atoms with Gasteiger partial charge in [0.15, 0.2) is 0 Å². The minimum atomic E-state index is -0.354. The van der Waals surface area contributed by atoms with Gasteiger partial charge in [-0.25, -0.2) is 14.8 Å². The average molecular weight is 375 g/mol. The minimum Gasteiger partial charge on any atom is -0.465 e. The van der Waals surface area contributed by atoms with Gasteiger partial charge >= 0.3 is 5.97 Å². The molecule has 0 atom stereocenters. The van der Waals surface area contributed by atoms with Crippen LogP contribution in [0, 0.1) is 6.92 Å². The number of esters is 1. The molecular weight excluding hydrogens is 358 g/mol. The van der Waals surface area contributed by atoms with Crippen molar-refractivity contribution in [3.63, 3.8) is 0 Å². The first kappa shape index (κ1) is 17.2. The molecule has 1 N–H and O–H groups in total. The lowest BCUT2D eigenvalue weighted by Crippen LogP contribution is -2.01. The Kier molecular flexibility index (Phi) is 4.56. The molecule has 2 aromatic heterocycles. The second-order valence-corrected chi connectivity index (χ2v) is 7.04. The van der Waals surface area contributed by atoms with Crippen molar-refractivity contribution in [3.8, 4) is 10.4 Å². The predicted molar refractivity (Wildman–Crippen MR) is 109 cm³/mol. The molecule has 0 saturated heterocycles. The maximum atomic E-state index is 11.6. The number of carbonyl (C=O) groups excluding carboxylic acids is 1. The largest absolute Gasteiger partial charge is 0.465 e. The summed E-state index contributed by atoms with van der Waals surface area (Å²) in [6.07, 6.45) is 0. The van der Waals surface area contributed by atoms with Crippen LogP contribution in [0.3, 0.4) is 0 Å². The number of hydrogen-bond acceptors (Lipinski definition) is 6. The molecule has 2 heterocycles. The summed E-state index contributed by atoms with van der Waals surface area (Å²) in [6.45, 7) is 1.88. The van der Waals surface area contributed by atoms with Crippen LogP contribution in [0.4, 0.5) is 11.5 Å². The van der Waals surface area contributed by atoms with Crippen LogP contribution >= 0.6 is 11.3 Å². The van der Waals surface area contributed by atoms with Crippen molar-refractivity contribution in [3.05, 3.63) is 72.1 Å². The molecule has 0 fully saturated rings. The lowest BCUT2D eigenvalue weighted by molar-refractivity contribution is 0.0601. The number of nitrogens with one attached hydrogen (secondary N) is 1. The zero-order chi connectivity index (χ0) is 18.8. The first-order valence-electron chi connectivity index (χ1n) is 8.43. The fourth-order valence-electron chi connectivity index (χ4n) is 2.81. The molecule has 6 heteroatoms. The third kappa shape index (κ3) is 3.52. The van der Waals surface area contributed by atoms with Gasteiger partial charge in [-0.15, -0.1) is 11.3 Å². The Morgan fingerprint density at radius 3 is 2.48 bits per heavy atom. The normalized spacial score (nSPS) is 10.7. The van der Waals surface area contributed by atoms with Crippen LogP contribution in [0.5, 0.6) is 0 Å². The van der Waals surface area contributed by atoms with Gasteiger partial charge in [-0.2, -0.15) is 0 Å². The summed E-state index contributed by atoms with van der Waals surface area (Å²) in [5, 5.41) is 4.31. The van der Waals surface area contributed by atoms with Crippen molar-refractivity contribution in [2.24, 2.45) is 0 Å². The SMILES string of the molecule is COC(=O)c1ccc(Nc2nc(C)nc3sc(-c4ccccc4)cc23)cc1. The Morgan fingerprint density at radius 1 is 1.04 bits per heavy atom. The number of hydrogen-bond donors (Lipinski definition) is 1. The summed E-state index contributed by atoms with van der Waals surface area (Å²) in [4.78, 5) is 22.8. The molecule has 0 amide bonds. The fourth-order valence-corrected chi connectivity index (χ4v) is 3.89. The molecule has 0 saturated carbocycles. The van der Waals surface area contributed by atoms with Crippen LogP contribution in [0.25, 0.3) is 20.7 Å². The summed E-state index contributed by atoms with van der Waals surface area (Å²) in [5.74, 6) is 1.10. The highest BCUT2D eigenvalue weighted by atomic mass is 32.1. The number of methoxy groups -OCH3 is 1. The van der Waals surface area contributed by atoms with Gasteiger partial charge in [0, 0.05) is 10.6 Å². The van der Waals surface area contributed by atoms with Crippen LogP contribution in [0.2, 0.25) is 0 Å². The molecule has 0 radical (unpaired) electrons. The van der Waals surface area contributed by atoms with E-state index in [9.17, 15) is 4.79 Å². The van der Waals surface area contributed by atoms with Crippen molar-refractivity contribution in [2.45, 2.75) is 6.92 Å². The third-order valence-electron chi connectivity index (χ3n) is 4.13. The number of carbonyl (C=O) groups is 1. The lowest BCUT2D eigenvalue weighted by Gasteiger charge is -2.08. The van der Waals surface area contributed by atoms with Crippen LogP contribution in [-0.4, -0.2) is 23.0 Å². The predicted octanol–water partition coefficient (Wildman–Crippen LogP) is 5.20. The van der Waals surface area contributed by atoms with E-state index in [0.29, 0.717) is 11.4 Å². The molecule has 0 spiro atoms. The van der Waals surface area contributed by atoms with Crippen molar-refractivity contribution in [2.75, 3.05) is 12.4 Å². The van der Waals surface area contributed by atoms with Crippen LogP contribution < -0.4 is 5.32 Å². The zero-order valence-electron chi connectivity index (χ0n) is 14.9. The second kappa shape index (κ2) is 7.17. The monoisotopic (exact) mass is 375 g/mol. The summed E-state index contributed by atoms with van der Waals surface area (Å²) in [7, 11) is 1.37. The van der Waals surface area contributed by atoms with Crippen LogP contribution in [0.1, 0.15) is 16.2 Å². The molecule has 5 nitrogen and oxygen atoms in total. The number of aryl methyl sites for hydroxylation is 1. The van der Waals surface area contributed by atoms with E-state index in [1.807, 2.05) is 37.3 Å². The number of rotatable bonds is 4. The average Bonchev–Trinajstić information content (AvgIpc) is 3.13. The van der Waals surface area contributed by atoms with Gasteiger partial charge in [0.2, 0.25) is 0 Å². The first-order valence-corrected chi connectivity index (χ1v) is 9.25. The van der Waals surface area contributed by atoms with Crippen molar-refractivity contribution >= 4 is 39.0 Å². The summed E-state index contributed by atoms with van der Waals surface area (Å²) in [6, 6.07) is 19.5. The summed E-state index contributed by atoms with van der Waals surface area (Å²) < 4.78 is 4.73. The third-order valence-corrected chi connectivity index (χ3v) is 5.21. The number of aromatic nitrogens is 2. The Morgan fingerprint density at radius 2 is 1.78 bits per heavy atom. The van der Waals surface area contributed by atoms with E-state index in [1.165, 1.54) is 7.11 Å². The Balaban J connectivity index is 1.71. The number of anilines is 2. The molecule has 0 aliphatic heterocycles. The van der Waals surface area contributed by atoms with Gasteiger partial charge in [0.1, 0.15) is 16.5 Å². The smallest absolute Gasteiger partial charge is 0.337 e. The molecule has 0 bridgehead atoms. The van der Waals surface area contributed by atoms with E-state index in [1.54, 1.807) is 23.5 Å². The molecule has 27 heavy (non-hydrogen) atoms. The number of benzene rings is 2. The highest BCUT2D eigenvalue weighted by Gasteiger charge is 2.12. The van der Waals surface area contributed by atoms with E-state index >= 15 is 0 Å². The molecule has 134 valence electrons. The van der Waals surface area contributed by atoms with Gasteiger partial charge in [0.25, 0.3) is 0 Å². The Labute approximate surface area is 160 Å². The molecule has 0 aliphatic rings.